The Bertz CT molecular complexity index is 1340. The molecule has 0 radical (unpaired) electrons. The summed E-state index contributed by atoms with van der Waals surface area (Å²) in [7, 11) is -0.947. The molecular weight excluding hydrogens is 486 g/mol. The van der Waals surface area contributed by atoms with Crippen molar-refractivity contribution in [1.29, 1.82) is 5.26 Å². The third-order valence-corrected chi connectivity index (χ3v) is 8.10. The fraction of sp³-hybridized carbons (Fsp3) is 0.435. The van der Waals surface area contributed by atoms with Gasteiger partial charge in [-0.25, -0.2) is 18.4 Å². The number of sulfonamides is 1. The minimum Gasteiger partial charge on any atom is -0.494 e. The molecule has 1 fully saturated rings. The number of nitrogens with zero attached hydrogens (tertiary/aromatic N) is 6. The first-order valence-corrected chi connectivity index (χ1v) is 12.8. The summed E-state index contributed by atoms with van der Waals surface area (Å²) in [6.07, 6.45) is 3.45. The maximum atomic E-state index is 13.5. The smallest absolute Gasteiger partial charge is 0.243 e. The van der Waals surface area contributed by atoms with Crippen molar-refractivity contribution in [3.8, 4) is 23.3 Å². The first-order chi connectivity index (χ1) is 17.3. The number of anilines is 1. The Hall–Kier alpha value is -3.76. The molecule has 2 aromatic heterocycles. The van der Waals surface area contributed by atoms with E-state index in [1.54, 1.807) is 36.6 Å². The van der Waals surface area contributed by atoms with Crippen LogP contribution in [0, 0.1) is 11.3 Å². The van der Waals surface area contributed by atoms with E-state index >= 15 is 0 Å². The third kappa shape index (κ3) is 4.82. The number of nitriles is 1. The van der Waals surface area contributed by atoms with Crippen molar-refractivity contribution >= 4 is 16.0 Å². The molecule has 1 N–H and O–H groups in total. The quantitative estimate of drug-likeness (QED) is 0.451. The van der Waals surface area contributed by atoms with Crippen LogP contribution in [0.3, 0.4) is 0 Å². The minimum absolute atomic E-state index is 0.000466. The van der Waals surface area contributed by atoms with Crippen molar-refractivity contribution in [2.75, 3.05) is 32.2 Å². The molecule has 1 aliphatic rings. The number of hydrogen-bond acceptors (Lipinski definition) is 10. The van der Waals surface area contributed by atoms with Gasteiger partial charge >= 0.3 is 0 Å². The van der Waals surface area contributed by atoms with Crippen LogP contribution in [-0.4, -0.2) is 65.8 Å². The molecule has 2 unspecified atom stereocenters. The van der Waals surface area contributed by atoms with Crippen molar-refractivity contribution in [3.05, 3.63) is 47.8 Å². The van der Waals surface area contributed by atoms with E-state index in [0.717, 1.165) is 0 Å². The maximum Gasteiger partial charge on any atom is 0.243 e. The van der Waals surface area contributed by atoms with Crippen molar-refractivity contribution in [3.63, 3.8) is 0 Å². The Morgan fingerprint density at radius 3 is 2.39 bits per heavy atom. The van der Waals surface area contributed by atoms with Crippen LogP contribution >= 0.6 is 0 Å². The number of benzene rings is 1. The monoisotopic (exact) mass is 513 g/mol. The van der Waals surface area contributed by atoms with E-state index < -0.39 is 21.2 Å². The Balaban J connectivity index is 1.75. The molecule has 1 aliphatic heterocycles. The number of para-hydroxylation sites is 1. The Morgan fingerprint density at radius 1 is 1.17 bits per heavy atom. The van der Waals surface area contributed by atoms with Gasteiger partial charge in [-0.05, 0) is 25.5 Å². The van der Waals surface area contributed by atoms with Crippen molar-refractivity contribution < 1.29 is 22.6 Å². The van der Waals surface area contributed by atoms with Gasteiger partial charge in [0.05, 0.1) is 31.6 Å². The average Bonchev–Trinajstić information content (AvgIpc) is 3.57. The number of methoxy groups -OCH3 is 2. The normalized spacial score (nSPS) is 17.2. The molecule has 1 saturated heterocycles. The van der Waals surface area contributed by atoms with E-state index in [1.807, 2.05) is 6.07 Å². The average molecular weight is 514 g/mol. The van der Waals surface area contributed by atoms with Crippen LogP contribution in [0.4, 0.5) is 5.95 Å². The predicted octanol–water partition coefficient (Wildman–Crippen LogP) is 2.38. The van der Waals surface area contributed by atoms with E-state index in [2.05, 4.69) is 24.9 Å². The molecule has 12 nitrogen and oxygen atoms in total. The lowest BCUT2D eigenvalue weighted by atomic mass is 10.1. The topological polar surface area (TPSA) is 154 Å². The lowest BCUT2D eigenvalue weighted by molar-refractivity contribution is 0.193. The molecule has 4 rings (SSSR count). The first kappa shape index (κ1) is 25.3. The Morgan fingerprint density at radius 2 is 1.83 bits per heavy atom. The molecule has 0 aliphatic carbocycles. The summed E-state index contributed by atoms with van der Waals surface area (Å²) < 4.78 is 47.9. The highest BCUT2D eigenvalue weighted by Crippen LogP contribution is 2.38. The zero-order valence-corrected chi connectivity index (χ0v) is 21.2. The Kier molecular flexibility index (Phi) is 7.37. The van der Waals surface area contributed by atoms with Gasteiger partial charge in [0.2, 0.25) is 16.0 Å². The number of rotatable bonds is 9. The lowest BCUT2D eigenvalue weighted by Gasteiger charge is -2.22. The third-order valence-electron chi connectivity index (χ3n) is 6.24. The number of aromatic nitrogens is 5. The summed E-state index contributed by atoms with van der Waals surface area (Å²) in [6, 6.07) is 7.22. The van der Waals surface area contributed by atoms with Crippen LogP contribution in [0.5, 0.6) is 11.5 Å². The SMILES string of the molecule is COc1cccc(OC)c1-n1c(NS(=O)(=O)C(C)C(C)c2ncc(C#N)cn2)nnc1[C@H]1CCOC1. The number of nitrogens with one attached hydrogen (secondary N) is 1. The highest BCUT2D eigenvalue weighted by Gasteiger charge is 2.34. The van der Waals surface area contributed by atoms with E-state index in [9.17, 15) is 8.42 Å². The molecule has 0 spiro atoms. The van der Waals surface area contributed by atoms with Crippen LogP contribution in [0.2, 0.25) is 0 Å². The highest BCUT2D eigenvalue weighted by molar-refractivity contribution is 7.93. The van der Waals surface area contributed by atoms with E-state index in [-0.39, 0.29) is 11.9 Å². The van der Waals surface area contributed by atoms with Gasteiger partial charge in [-0.15, -0.1) is 10.2 Å². The molecule has 0 amide bonds. The minimum atomic E-state index is -3.99. The van der Waals surface area contributed by atoms with Gasteiger partial charge in [-0.3, -0.25) is 9.29 Å². The molecule has 13 heteroatoms. The molecule has 0 bridgehead atoms. The summed E-state index contributed by atoms with van der Waals surface area (Å²) in [6.45, 7) is 4.28. The second kappa shape index (κ2) is 10.5. The van der Waals surface area contributed by atoms with Crippen LogP contribution in [-0.2, 0) is 14.8 Å². The molecule has 190 valence electrons. The van der Waals surface area contributed by atoms with E-state index in [1.165, 1.54) is 26.6 Å². The van der Waals surface area contributed by atoms with Gasteiger partial charge in [0, 0.05) is 30.8 Å². The lowest BCUT2D eigenvalue weighted by Crippen LogP contribution is -2.31. The van der Waals surface area contributed by atoms with Gasteiger partial charge in [-0.1, -0.05) is 13.0 Å². The summed E-state index contributed by atoms with van der Waals surface area (Å²) in [5, 5.41) is 16.6. The van der Waals surface area contributed by atoms with E-state index in [4.69, 9.17) is 19.5 Å². The van der Waals surface area contributed by atoms with Crippen molar-refractivity contribution in [2.24, 2.45) is 0 Å². The fourth-order valence-electron chi connectivity index (χ4n) is 3.97. The predicted molar refractivity (Wildman–Crippen MR) is 130 cm³/mol. The molecular formula is C23H27N7O5S. The van der Waals surface area contributed by atoms with Gasteiger partial charge in [-0.2, -0.15) is 5.26 Å². The van der Waals surface area contributed by atoms with Gasteiger partial charge in [0.15, 0.2) is 0 Å². The molecule has 3 aromatic rings. The molecule has 36 heavy (non-hydrogen) atoms. The molecule has 1 aromatic carbocycles. The first-order valence-electron chi connectivity index (χ1n) is 11.3. The molecule has 3 heterocycles. The summed E-state index contributed by atoms with van der Waals surface area (Å²) in [4.78, 5) is 8.30. The second-order valence-corrected chi connectivity index (χ2v) is 10.4. The summed E-state index contributed by atoms with van der Waals surface area (Å²) in [5.74, 6) is 1.10. The number of hydrogen-bond donors (Lipinski definition) is 1. The van der Waals surface area contributed by atoms with Gasteiger partial charge < -0.3 is 14.2 Å². The standard InChI is InChI=1S/C23H27N7O5S/c1-14(21-25-11-16(10-24)12-26-21)15(2)36(31,32)29-23-28-27-22(17-8-9-35-13-17)30(23)20-18(33-3)6-5-7-19(20)34-4/h5-7,11-12,14-15,17H,8-9,13H2,1-4H3,(H,28,29)/t14?,15?,17-/m0/s1. The van der Waals surface area contributed by atoms with Crippen molar-refractivity contribution in [2.45, 2.75) is 37.4 Å². The van der Waals surface area contributed by atoms with Crippen LogP contribution < -0.4 is 14.2 Å². The zero-order valence-electron chi connectivity index (χ0n) is 20.4. The second-order valence-electron chi connectivity index (χ2n) is 8.37. The summed E-state index contributed by atoms with van der Waals surface area (Å²) in [5.41, 5.74) is 0.769. The van der Waals surface area contributed by atoms with Gasteiger partial charge in [0.1, 0.15) is 34.9 Å². The van der Waals surface area contributed by atoms with Gasteiger partial charge in [0.25, 0.3) is 0 Å². The summed E-state index contributed by atoms with van der Waals surface area (Å²) >= 11 is 0. The van der Waals surface area contributed by atoms with Crippen LogP contribution in [0.1, 0.15) is 49.3 Å². The van der Waals surface area contributed by atoms with Crippen LogP contribution in [0.25, 0.3) is 5.69 Å². The number of ether oxygens (including phenoxy) is 3. The molecule has 0 saturated carbocycles. The van der Waals surface area contributed by atoms with Crippen molar-refractivity contribution in [1.82, 2.24) is 24.7 Å². The largest absolute Gasteiger partial charge is 0.494 e. The zero-order chi connectivity index (χ0) is 25.9. The molecule has 3 atom stereocenters. The van der Waals surface area contributed by atoms with E-state index in [0.29, 0.717) is 54.0 Å². The van der Waals surface area contributed by atoms with Crippen LogP contribution in [0.15, 0.2) is 30.6 Å². The maximum absolute atomic E-state index is 13.5. The Labute approximate surface area is 209 Å². The fourth-order valence-corrected chi connectivity index (χ4v) is 5.20. The highest BCUT2D eigenvalue weighted by atomic mass is 32.2.